The predicted octanol–water partition coefficient (Wildman–Crippen LogP) is 6.61. The molecule has 400 valence electrons. The molecule has 0 saturated carbocycles. The molecular weight excluding hydrogens is 943 g/mol. The number of methoxy groups -OCH3 is 2. The normalized spacial score (nSPS) is 42.5. The maximum Gasteiger partial charge on any atom is 0.316 e. The van der Waals surface area contributed by atoms with E-state index >= 15 is 0 Å². The summed E-state index contributed by atoms with van der Waals surface area (Å²) in [6.45, 7) is 16.0. The highest BCUT2D eigenvalue weighted by Gasteiger charge is 2.60. The van der Waals surface area contributed by atoms with Gasteiger partial charge in [-0.1, -0.05) is 82.7 Å². The van der Waals surface area contributed by atoms with Gasteiger partial charge in [-0.05, 0) is 75.0 Å². The van der Waals surface area contributed by atoms with Gasteiger partial charge in [0.2, 0.25) is 0 Å². The monoisotopic (exact) mass is 1020 g/mol. The van der Waals surface area contributed by atoms with Gasteiger partial charge in [-0.3, -0.25) is 19.2 Å². The molecule has 1 unspecified atom stereocenters. The molecule has 4 fully saturated rings. The Balaban J connectivity index is 0.938. The van der Waals surface area contributed by atoms with Crippen LogP contribution >= 0.6 is 0 Å². The zero-order valence-corrected chi connectivity index (χ0v) is 43.8. The lowest BCUT2D eigenvalue weighted by molar-refractivity contribution is -0.329. The molecule has 0 radical (unpaired) electrons. The van der Waals surface area contributed by atoms with Gasteiger partial charge in [0.05, 0.1) is 60.5 Å². The molecule has 9 rings (SSSR count). The lowest BCUT2D eigenvalue weighted by Crippen LogP contribution is -2.58. The van der Waals surface area contributed by atoms with Crippen LogP contribution in [0.4, 0.5) is 0 Å². The van der Waals surface area contributed by atoms with Gasteiger partial charge in [-0.25, -0.2) is 0 Å². The largest absolute Gasteiger partial charge is 0.462 e. The highest BCUT2D eigenvalue weighted by molar-refractivity contribution is 6.20. The summed E-state index contributed by atoms with van der Waals surface area (Å²) in [5.74, 6) is -3.81. The minimum Gasteiger partial charge on any atom is -0.462 e. The molecule has 2 N–H and O–H groups in total. The van der Waals surface area contributed by atoms with E-state index in [9.17, 15) is 24.6 Å². The van der Waals surface area contributed by atoms with E-state index < -0.39 is 115 Å². The zero-order valence-electron chi connectivity index (χ0n) is 43.8. The number of esters is 1. The Morgan fingerprint density at radius 1 is 0.836 bits per heavy atom. The number of aliphatic hydroxyl groups excluding tert-OH is 1. The van der Waals surface area contributed by atoms with E-state index in [-0.39, 0.29) is 54.4 Å². The lowest BCUT2D eigenvalue weighted by atomic mass is 9.71. The van der Waals surface area contributed by atoms with Crippen molar-refractivity contribution in [3.8, 4) is 0 Å². The number of ether oxygens (including phenoxy) is 10. The number of hydrogen-bond donors (Lipinski definition) is 2. The molecule has 17 nitrogen and oxygen atoms in total. The van der Waals surface area contributed by atoms with E-state index in [2.05, 4.69) is 32.9 Å². The van der Waals surface area contributed by atoms with Crippen LogP contribution in [0.15, 0.2) is 83.5 Å². The summed E-state index contributed by atoms with van der Waals surface area (Å²) in [5, 5.41) is 24.7. The first-order valence-electron chi connectivity index (χ1n) is 26.2. The molecule has 17 heteroatoms. The van der Waals surface area contributed by atoms with E-state index in [1.807, 2.05) is 39.0 Å². The summed E-state index contributed by atoms with van der Waals surface area (Å²) in [5.41, 5.74) is 0.582. The summed E-state index contributed by atoms with van der Waals surface area (Å²) >= 11 is 0. The number of fused-ring (bicyclic) bond motifs is 3. The van der Waals surface area contributed by atoms with Crippen molar-refractivity contribution in [2.75, 3.05) is 20.8 Å². The fourth-order valence-electron chi connectivity index (χ4n) is 12.1. The van der Waals surface area contributed by atoms with E-state index in [1.165, 1.54) is 7.11 Å². The number of hydrogen-bond acceptors (Lipinski definition) is 16. The molecule has 4 saturated heterocycles. The molecule has 0 aromatic heterocycles. The molecule has 7 heterocycles. The number of benzene rings is 1. The van der Waals surface area contributed by atoms with Gasteiger partial charge in [0.25, 0.3) is 11.8 Å². The molecule has 8 aliphatic rings. The standard InChI is InChI=1S/C56H75NO16/c1-11-29(2)48-32(5)21-22-55(72-48)27-38-24-37(71-55)20-19-31(4)47(30(3)15-14-16-36-28-65-51-46(58)33(6)23-41(54(61)68-38)56(36,51)62)69-44-25-42(63-9)49(34(7)66-44)70-45-26-43(64-10)50(35(8)67-45)73-57-52(59)39-17-12-13-18-40(39)53(57)60/h12-19,21-23,29-30,32,34-35,37-38,41-51,58,62H,11,20,24-28H2,1-10H3/t29?,30-,32-,34-,35-,37+,38-,41-,42-,43-,44-,45-,46+,47-,48+,49-,50+,51+,55+,56+/m0/s1. The van der Waals surface area contributed by atoms with Crippen molar-refractivity contribution in [3.63, 3.8) is 0 Å². The average molecular weight is 1020 g/mol. The third-order valence-electron chi connectivity index (χ3n) is 16.5. The predicted molar refractivity (Wildman–Crippen MR) is 263 cm³/mol. The second-order valence-electron chi connectivity index (χ2n) is 21.5. The van der Waals surface area contributed by atoms with Crippen LogP contribution in [0.25, 0.3) is 0 Å². The smallest absolute Gasteiger partial charge is 0.316 e. The molecular formula is C56H75NO16. The van der Waals surface area contributed by atoms with Crippen LogP contribution in [0.2, 0.25) is 0 Å². The number of rotatable bonds is 10. The van der Waals surface area contributed by atoms with Crippen LogP contribution in [0.3, 0.4) is 0 Å². The Morgan fingerprint density at radius 2 is 1.49 bits per heavy atom. The van der Waals surface area contributed by atoms with Crippen LogP contribution in [-0.2, 0) is 57.0 Å². The fraction of sp³-hybridized carbons (Fsp3) is 0.661. The highest BCUT2D eigenvalue weighted by atomic mass is 16.8. The summed E-state index contributed by atoms with van der Waals surface area (Å²) in [7, 11) is 3.16. The van der Waals surface area contributed by atoms with Gasteiger partial charge in [-0.2, -0.15) is 0 Å². The number of allylic oxidation sites excluding steroid dienone is 2. The summed E-state index contributed by atoms with van der Waals surface area (Å²) in [6.07, 6.45) is 7.08. The van der Waals surface area contributed by atoms with E-state index in [1.54, 1.807) is 57.4 Å². The molecule has 1 aromatic rings. The lowest BCUT2D eigenvalue weighted by Gasteiger charge is -2.48. The van der Waals surface area contributed by atoms with Gasteiger partial charge in [-0.15, -0.1) is 5.06 Å². The molecule has 2 amide bonds. The topological polar surface area (TPSA) is 196 Å². The Kier molecular flexibility index (Phi) is 16.2. The van der Waals surface area contributed by atoms with Gasteiger partial charge in [0, 0.05) is 51.7 Å². The summed E-state index contributed by atoms with van der Waals surface area (Å²) in [4.78, 5) is 46.8. The van der Waals surface area contributed by atoms with E-state index in [0.29, 0.717) is 30.4 Å². The molecule has 1 aromatic carbocycles. The minimum absolute atomic E-state index is 0.00753. The quantitative estimate of drug-likeness (QED) is 0.144. The molecule has 20 atom stereocenters. The maximum absolute atomic E-state index is 14.4. The van der Waals surface area contributed by atoms with Crippen molar-refractivity contribution < 1.29 is 76.8 Å². The maximum atomic E-state index is 14.4. The van der Waals surface area contributed by atoms with Crippen molar-refractivity contribution in [1.82, 2.24) is 5.06 Å². The van der Waals surface area contributed by atoms with Crippen LogP contribution in [-0.4, -0.2) is 151 Å². The SMILES string of the molecule is CCC(C)[C@H]1O[C@]2(C=C[C@@H]1C)C[C@@H]1C[C@@H](CC=C(C)[C@@H](O[C@H]3C[C@H](OC)[C@@H](O[C@H]4C[C@H](OC)[C@H](ON5C(=O)c6ccccc6C5=O)[C@H](C)O4)[C@H](C)O3)[C@@H](C)C=CC=C3CO[C@@H]4[C@H](O)C(C)=C[C@@H](C(=O)O1)[C@]34O)O2. The van der Waals surface area contributed by atoms with Gasteiger partial charge in [0.1, 0.15) is 42.0 Å². The number of amides is 2. The molecule has 1 spiro atoms. The molecule has 7 aliphatic heterocycles. The Morgan fingerprint density at radius 3 is 2.16 bits per heavy atom. The number of carbonyl (C=O) groups is 3. The number of hydroxylamine groups is 2. The minimum atomic E-state index is -1.87. The number of imide groups is 1. The first-order chi connectivity index (χ1) is 34.9. The molecule has 2 bridgehead atoms. The number of nitrogens with zero attached hydrogens (tertiary/aromatic N) is 1. The summed E-state index contributed by atoms with van der Waals surface area (Å²) in [6, 6.07) is 6.59. The second-order valence-corrected chi connectivity index (χ2v) is 21.5. The first kappa shape index (κ1) is 53.9. The number of aliphatic hydroxyl groups is 2. The van der Waals surface area contributed by atoms with E-state index in [0.717, 1.165) is 17.1 Å². The Bertz CT molecular complexity index is 2330. The molecule has 73 heavy (non-hydrogen) atoms. The van der Waals surface area contributed by atoms with Crippen LogP contribution < -0.4 is 0 Å². The van der Waals surface area contributed by atoms with E-state index in [4.69, 9.17) is 52.2 Å². The summed E-state index contributed by atoms with van der Waals surface area (Å²) < 4.78 is 64.8. The van der Waals surface area contributed by atoms with Crippen LogP contribution in [0.5, 0.6) is 0 Å². The second kappa shape index (κ2) is 22.0. The van der Waals surface area contributed by atoms with Crippen LogP contribution in [0.1, 0.15) is 115 Å². The highest BCUT2D eigenvalue weighted by Crippen LogP contribution is 2.47. The van der Waals surface area contributed by atoms with Gasteiger partial charge >= 0.3 is 5.97 Å². The van der Waals surface area contributed by atoms with Crippen molar-refractivity contribution in [1.29, 1.82) is 0 Å². The first-order valence-corrected chi connectivity index (χ1v) is 26.2. The Labute approximate surface area is 428 Å². The fourth-order valence-corrected chi connectivity index (χ4v) is 12.1. The average Bonchev–Trinajstić information content (AvgIpc) is 3.83. The zero-order chi connectivity index (χ0) is 52.1. The molecule has 1 aliphatic carbocycles. The van der Waals surface area contributed by atoms with Crippen LogP contribution in [0, 0.1) is 23.7 Å². The van der Waals surface area contributed by atoms with Crippen molar-refractivity contribution in [2.45, 2.75) is 191 Å². The van der Waals surface area contributed by atoms with Crippen molar-refractivity contribution in [3.05, 3.63) is 94.6 Å². The van der Waals surface area contributed by atoms with Gasteiger partial charge in [0.15, 0.2) is 18.4 Å². The number of carbonyl (C=O) groups excluding carboxylic acids is 3. The van der Waals surface area contributed by atoms with Gasteiger partial charge < -0.3 is 57.6 Å². The van der Waals surface area contributed by atoms with Crippen molar-refractivity contribution >= 4 is 17.8 Å². The van der Waals surface area contributed by atoms with Crippen molar-refractivity contribution in [2.24, 2.45) is 23.7 Å². The Hall–Kier alpha value is -3.95. The third kappa shape index (κ3) is 10.5. The third-order valence-corrected chi connectivity index (χ3v) is 16.5.